The molecule has 23 heavy (non-hydrogen) atoms. The normalized spacial score (nSPS) is 20.8. The molecule has 0 radical (unpaired) electrons. The zero-order valence-electron chi connectivity index (χ0n) is 12.4. The van der Waals surface area contributed by atoms with E-state index in [2.05, 4.69) is 6.58 Å². The third-order valence-electron chi connectivity index (χ3n) is 3.62. The van der Waals surface area contributed by atoms with Gasteiger partial charge in [0.05, 0.1) is 15.9 Å². The van der Waals surface area contributed by atoms with Crippen LogP contribution in [0.5, 0.6) is 0 Å². The zero-order valence-corrected chi connectivity index (χ0v) is 13.2. The zero-order chi connectivity index (χ0) is 17.0. The van der Waals surface area contributed by atoms with E-state index in [1.165, 1.54) is 16.4 Å². The first-order valence-electron chi connectivity index (χ1n) is 7.10. The number of hydrogen-bond acceptors (Lipinski definition) is 5. The van der Waals surface area contributed by atoms with Crippen LogP contribution in [0.3, 0.4) is 0 Å². The van der Waals surface area contributed by atoms with Crippen molar-refractivity contribution in [3.8, 4) is 0 Å². The third-order valence-corrected chi connectivity index (χ3v) is 5.55. The summed E-state index contributed by atoms with van der Waals surface area (Å²) in [6.07, 6.45) is 4.94. The summed E-state index contributed by atoms with van der Waals surface area (Å²) in [6.45, 7) is 3.82. The molecule has 0 aliphatic heterocycles. The number of rotatable bonds is 7. The molecule has 0 bridgehead atoms. The lowest BCUT2D eigenvalue weighted by atomic mass is 10.2. The summed E-state index contributed by atoms with van der Waals surface area (Å²) in [5.74, 6) is 0. The van der Waals surface area contributed by atoms with Gasteiger partial charge in [0.1, 0.15) is 0 Å². The van der Waals surface area contributed by atoms with Crippen molar-refractivity contribution in [1.29, 1.82) is 0 Å². The van der Waals surface area contributed by atoms with Crippen molar-refractivity contribution in [2.45, 2.75) is 29.9 Å². The number of nitrogens with zero attached hydrogens (tertiary/aromatic N) is 2. The number of nitro benzene ring substituents is 1. The molecule has 0 fully saturated rings. The van der Waals surface area contributed by atoms with Gasteiger partial charge in [0.2, 0.25) is 10.0 Å². The maximum Gasteiger partial charge on any atom is 0.269 e. The Bertz CT molecular complexity index is 712. The van der Waals surface area contributed by atoms with Gasteiger partial charge >= 0.3 is 0 Å². The van der Waals surface area contributed by atoms with E-state index in [1.807, 2.05) is 0 Å². The minimum Gasteiger partial charge on any atom is -0.389 e. The highest BCUT2D eigenvalue weighted by Crippen LogP contribution is 2.26. The number of non-ortho nitro benzene ring substituents is 1. The van der Waals surface area contributed by atoms with Crippen LogP contribution >= 0.6 is 0 Å². The van der Waals surface area contributed by atoms with Gasteiger partial charge in [0, 0.05) is 24.7 Å². The van der Waals surface area contributed by atoms with Gasteiger partial charge in [-0.2, -0.15) is 4.31 Å². The van der Waals surface area contributed by atoms with E-state index in [1.54, 1.807) is 18.2 Å². The average molecular weight is 338 g/mol. The van der Waals surface area contributed by atoms with Crippen LogP contribution in [0.1, 0.15) is 12.8 Å². The maximum absolute atomic E-state index is 12.8. The largest absolute Gasteiger partial charge is 0.389 e. The standard InChI is InChI=1S/C15H18N2O5S/c1-2-3-10-16(13-4-7-14(18)11-13)23(21,22)15-8-5-12(6-9-15)17(19)20/h2,4-9,13-14,18H,1,3,10-11H2/t13-,14+/m0/s1. The lowest BCUT2D eigenvalue weighted by molar-refractivity contribution is -0.384. The van der Waals surface area contributed by atoms with Crippen molar-refractivity contribution in [1.82, 2.24) is 4.31 Å². The first kappa shape index (κ1) is 17.3. The van der Waals surface area contributed by atoms with Crippen LogP contribution in [0.4, 0.5) is 5.69 Å². The molecule has 0 amide bonds. The monoisotopic (exact) mass is 338 g/mol. The van der Waals surface area contributed by atoms with Gasteiger partial charge in [0.25, 0.3) is 5.69 Å². The Kier molecular flexibility index (Phi) is 5.30. The molecule has 0 heterocycles. The minimum absolute atomic E-state index is 0.0121. The number of benzene rings is 1. The van der Waals surface area contributed by atoms with Crippen LogP contribution in [-0.2, 0) is 10.0 Å². The van der Waals surface area contributed by atoms with E-state index in [0.717, 1.165) is 12.1 Å². The molecule has 0 spiro atoms. The molecule has 0 saturated heterocycles. The lowest BCUT2D eigenvalue weighted by Gasteiger charge is -2.27. The maximum atomic E-state index is 12.8. The van der Waals surface area contributed by atoms with Crippen molar-refractivity contribution < 1.29 is 18.4 Å². The molecule has 0 saturated carbocycles. The second kappa shape index (κ2) is 7.03. The summed E-state index contributed by atoms with van der Waals surface area (Å²) in [4.78, 5) is 10.1. The Hall–Kier alpha value is -2.03. The fourth-order valence-corrected chi connectivity index (χ4v) is 4.04. The predicted molar refractivity (Wildman–Crippen MR) is 85.4 cm³/mol. The molecule has 0 unspecified atom stereocenters. The van der Waals surface area contributed by atoms with Crippen molar-refractivity contribution in [3.63, 3.8) is 0 Å². The number of hydrogen-bond donors (Lipinski definition) is 1. The third kappa shape index (κ3) is 3.84. The van der Waals surface area contributed by atoms with Crippen molar-refractivity contribution in [2.75, 3.05) is 6.54 Å². The summed E-state index contributed by atoms with van der Waals surface area (Å²) in [6, 6.07) is 4.34. The number of nitro groups is 1. The Morgan fingerprint density at radius 2 is 2.00 bits per heavy atom. The fourth-order valence-electron chi connectivity index (χ4n) is 2.43. The molecule has 2 atom stereocenters. The number of sulfonamides is 1. The van der Waals surface area contributed by atoms with Crippen molar-refractivity contribution >= 4 is 15.7 Å². The summed E-state index contributed by atoms with van der Waals surface area (Å²) < 4.78 is 26.9. The van der Waals surface area contributed by atoms with E-state index < -0.39 is 27.1 Å². The summed E-state index contributed by atoms with van der Waals surface area (Å²) >= 11 is 0. The Balaban J connectivity index is 2.33. The molecular formula is C15H18N2O5S. The predicted octanol–water partition coefficient (Wildman–Crippen LogP) is 1.85. The first-order valence-corrected chi connectivity index (χ1v) is 8.54. The topological polar surface area (TPSA) is 101 Å². The highest BCUT2D eigenvalue weighted by atomic mass is 32.2. The van der Waals surface area contributed by atoms with E-state index in [-0.39, 0.29) is 17.1 Å². The van der Waals surface area contributed by atoms with Crippen molar-refractivity contribution in [3.05, 3.63) is 59.2 Å². The Morgan fingerprint density at radius 3 is 2.48 bits per heavy atom. The van der Waals surface area contributed by atoms with Crippen LogP contribution < -0.4 is 0 Å². The quantitative estimate of drug-likeness (QED) is 0.464. The van der Waals surface area contributed by atoms with Crippen molar-refractivity contribution in [2.24, 2.45) is 0 Å². The van der Waals surface area contributed by atoms with Gasteiger partial charge in [-0.15, -0.1) is 6.58 Å². The summed E-state index contributed by atoms with van der Waals surface area (Å²) in [5.41, 5.74) is -0.169. The molecule has 7 nitrogen and oxygen atoms in total. The first-order chi connectivity index (χ1) is 10.9. The molecule has 1 N–H and O–H groups in total. The Labute approximate surface area is 134 Å². The summed E-state index contributed by atoms with van der Waals surface area (Å²) in [5, 5.41) is 20.3. The van der Waals surface area contributed by atoms with Gasteiger partial charge < -0.3 is 5.11 Å². The van der Waals surface area contributed by atoms with Gasteiger partial charge in [-0.3, -0.25) is 10.1 Å². The van der Waals surface area contributed by atoms with Gasteiger partial charge in [-0.1, -0.05) is 18.2 Å². The highest BCUT2D eigenvalue weighted by molar-refractivity contribution is 7.89. The highest BCUT2D eigenvalue weighted by Gasteiger charge is 2.33. The second-order valence-corrected chi connectivity index (χ2v) is 7.09. The fraction of sp³-hybridized carbons (Fsp3) is 0.333. The van der Waals surface area contributed by atoms with Crippen LogP contribution in [0.15, 0.2) is 54.0 Å². The molecule has 1 aromatic carbocycles. The molecule has 1 aromatic rings. The molecule has 1 aliphatic carbocycles. The van der Waals surface area contributed by atoms with E-state index in [9.17, 15) is 23.6 Å². The van der Waals surface area contributed by atoms with Gasteiger partial charge in [0.15, 0.2) is 0 Å². The van der Waals surface area contributed by atoms with Crippen LogP contribution in [0.25, 0.3) is 0 Å². The molecule has 124 valence electrons. The summed E-state index contributed by atoms with van der Waals surface area (Å²) in [7, 11) is -3.82. The van der Waals surface area contributed by atoms with E-state index in [4.69, 9.17) is 0 Å². The molecule has 0 aromatic heterocycles. The average Bonchev–Trinajstić information content (AvgIpc) is 2.93. The molecule has 8 heteroatoms. The van der Waals surface area contributed by atoms with E-state index in [0.29, 0.717) is 12.8 Å². The number of aliphatic hydroxyl groups is 1. The Morgan fingerprint density at radius 1 is 1.35 bits per heavy atom. The van der Waals surface area contributed by atoms with Gasteiger partial charge in [-0.05, 0) is 25.0 Å². The second-order valence-electron chi connectivity index (χ2n) is 5.20. The van der Waals surface area contributed by atoms with Crippen LogP contribution in [-0.4, -0.2) is 41.4 Å². The SMILES string of the molecule is C=CCCN([C@H]1C=C[C@@H](O)C1)S(=O)(=O)c1ccc([N+](=O)[O-])cc1. The van der Waals surface area contributed by atoms with Crippen LogP contribution in [0, 0.1) is 10.1 Å². The number of aliphatic hydroxyl groups excluding tert-OH is 1. The van der Waals surface area contributed by atoms with Gasteiger partial charge in [-0.25, -0.2) is 8.42 Å². The minimum atomic E-state index is -3.82. The lowest BCUT2D eigenvalue weighted by Crippen LogP contribution is -2.39. The molecular weight excluding hydrogens is 320 g/mol. The van der Waals surface area contributed by atoms with Crippen LogP contribution in [0.2, 0.25) is 0 Å². The molecule has 1 aliphatic rings. The van der Waals surface area contributed by atoms with E-state index >= 15 is 0 Å². The smallest absolute Gasteiger partial charge is 0.269 e. The molecule has 2 rings (SSSR count).